The minimum absolute atomic E-state index is 0.315. The van der Waals surface area contributed by atoms with Crippen LogP contribution in [0.2, 0.25) is 0 Å². The highest BCUT2D eigenvalue weighted by atomic mass is 19.1. The van der Waals surface area contributed by atoms with E-state index >= 15 is 0 Å². The largest absolute Gasteiger partial charge is 0.437 e. The third-order valence-corrected chi connectivity index (χ3v) is 7.11. The van der Waals surface area contributed by atoms with Gasteiger partial charge in [-0.05, 0) is 54.8 Å². The van der Waals surface area contributed by atoms with E-state index in [2.05, 4.69) is 30.2 Å². The van der Waals surface area contributed by atoms with Crippen LogP contribution in [0.4, 0.5) is 15.9 Å². The molecule has 3 aromatic heterocycles. The summed E-state index contributed by atoms with van der Waals surface area (Å²) in [5, 5.41) is 13.6. The molecule has 10 nitrogen and oxygen atoms in total. The number of anilines is 2. The van der Waals surface area contributed by atoms with Gasteiger partial charge in [-0.15, -0.1) is 0 Å². The average molecular weight is 542 g/mol. The summed E-state index contributed by atoms with van der Waals surface area (Å²) in [6.45, 7) is 1.29. The number of nitrogens with two attached hydrogens (primary N) is 1. The summed E-state index contributed by atoms with van der Waals surface area (Å²) in [6.07, 6.45) is 5.94. The number of benzene rings is 2. The lowest BCUT2D eigenvalue weighted by molar-refractivity contribution is -0.117. The molecule has 4 heterocycles. The number of H-pyrrole nitrogens is 1. The van der Waals surface area contributed by atoms with Crippen LogP contribution in [0.5, 0.6) is 0 Å². The first-order valence-corrected chi connectivity index (χ1v) is 13.1. The molecule has 2 aromatic carbocycles. The Kier molecular flexibility index (Phi) is 6.97. The number of nitrogens with zero attached hydrogens (tertiary/aromatic N) is 4. The molecule has 5 aromatic rings. The van der Waals surface area contributed by atoms with Gasteiger partial charge in [-0.2, -0.15) is 0 Å². The zero-order valence-electron chi connectivity index (χ0n) is 21.5. The topological polar surface area (TPSA) is 146 Å². The van der Waals surface area contributed by atoms with Crippen molar-refractivity contribution in [3.63, 3.8) is 0 Å². The normalized spacial score (nSPS) is 14.9. The van der Waals surface area contributed by atoms with Crippen LogP contribution >= 0.6 is 0 Å². The van der Waals surface area contributed by atoms with Crippen LogP contribution in [0.1, 0.15) is 18.5 Å². The van der Waals surface area contributed by atoms with Crippen LogP contribution in [-0.4, -0.2) is 56.2 Å². The Morgan fingerprint density at radius 1 is 1.12 bits per heavy atom. The summed E-state index contributed by atoms with van der Waals surface area (Å²) in [4.78, 5) is 30.6. The number of aliphatic hydroxyl groups is 1. The number of rotatable bonds is 7. The number of carbonyl (C=O) groups excluding carboxylic acids is 1. The molecular weight excluding hydrogens is 513 g/mol. The lowest BCUT2D eigenvalue weighted by atomic mass is 9.98. The van der Waals surface area contributed by atoms with Gasteiger partial charge in [-0.25, -0.2) is 19.3 Å². The molecule has 1 saturated heterocycles. The standard InChI is InChI=1S/C29H28FN7O3/c30-19-5-1-17(2-6-19)24-25-27(37-11-9-22(38)10-12-37)34-16-35-29(25)40-26(24)18-3-7-20(8-4-18)36-28(39)23(31)13-21-14-32-15-33-21/h1-8,14-16,22-23,38H,9-13,31H2,(H,32,33)(H,36,39)/t23-/m0/s1. The van der Waals surface area contributed by atoms with E-state index in [1.165, 1.54) is 18.5 Å². The van der Waals surface area contributed by atoms with Gasteiger partial charge in [0.05, 0.1) is 23.9 Å². The number of nitrogens with one attached hydrogen (secondary N) is 2. The van der Waals surface area contributed by atoms with Gasteiger partial charge in [-0.1, -0.05) is 12.1 Å². The number of halogens is 1. The average Bonchev–Trinajstić information content (AvgIpc) is 3.62. The van der Waals surface area contributed by atoms with Crippen molar-refractivity contribution in [2.75, 3.05) is 23.3 Å². The molecule has 40 heavy (non-hydrogen) atoms. The Labute approximate surface area is 229 Å². The molecule has 6 rings (SSSR count). The molecule has 0 saturated carbocycles. The highest BCUT2D eigenvalue weighted by molar-refractivity contribution is 6.06. The number of piperidine rings is 1. The van der Waals surface area contributed by atoms with Crippen LogP contribution in [-0.2, 0) is 11.2 Å². The van der Waals surface area contributed by atoms with E-state index in [1.807, 2.05) is 12.1 Å². The maximum Gasteiger partial charge on any atom is 0.241 e. The molecule has 0 aliphatic carbocycles. The monoisotopic (exact) mass is 541 g/mol. The molecule has 1 atom stereocenters. The van der Waals surface area contributed by atoms with Crippen LogP contribution in [0.3, 0.4) is 0 Å². The Hall–Kier alpha value is -4.61. The predicted octanol–water partition coefficient (Wildman–Crippen LogP) is 3.89. The second kappa shape index (κ2) is 10.9. The van der Waals surface area contributed by atoms with Crippen molar-refractivity contribution < 1.29 is 18.7 Å². The fourth-order valence-corrected chi connectivity index (χ4v) is 5.00. The number of amides is 1. The van der Waals surface area contributed by atoms with Gasteiger partial charge in [0.25, 0.3) is 0 Å². The molecule has 11 heteroatoms. The van der Waals surface area contributed by atoms with Gasteiger partial charge in [0.2, 0.25) is 11.6 Å². The van der Waals surface area contributed by atoms with E-state index in [9.17, 15) is 14.3 Å². The van der Waals surface area contributed by atoms with Gasteiger partial charge in [-0.3, -0.25) is 4.79 Å². The van der Waals surface area contributed by atoms with Crippen molar-refractivity contribution in [2.24, 2.45) is 5.73 Å². The molecule has 0 radical (unpaired) electrons. The molecular formula is C29H28FN7O3. The number of aromatic amines is 1. The van der Waals surface area contributed by atoms with Gasteiger partial charge in [0, 0.05) is 48.2 Å². The Morgan fingerprint density at radius 3 is 2.55 bits per heavy atom. The van der Waals surface area contributed by atoms with Crippen molar-refractivity contribution >= 4 is 28.5 Å². The van der Waals surface area contributed by atoms with Gasteiger partial charge in [0.1, 0.15) is 23.7 Å². The molecule has 204 valence electrons. The maximum absolute atomic E-state index is 13.9. The minimum Gasteiger partial charge on any atom is -0.437 e. The predicted molar refractivity (Wildman–Crippen MR) is 149 cm³/mol. The van der Waals surface area contributed by atoms with Gasteiger partial charge < -0.3 is 30.5 Å². The summed E-state index contributed by atoms with van der Waals surface area (Å²) < 4.78 is 20.2. The Bertz CT molecular complexity index is 1610. The van der Waals surface area contributed by atoms with Gasteiger partial charge in [0.15, 0.2) is 0 Å². The fourth-order valence-electron chi connectivity index (χ4n) is 5.00. The van der Waals surface area contributed by atoms with Crippen molar-refractivity contribution in [2.45, 2.75) is 31.4 Å². The highest BCUT2D eigenvalue weighted by Gasteiger charge is 2.27. The van der Waals surface area contributed by atoms with E-state index in [0.717, 1.165) is 27.8 Å². The van der Waals surface area contributed by atoms with E-state index < -0.39 is 6.04 Å². The van der Waals surface area contributed by atoms with Crippen molar-refractivity contribution in [3.8, 4) is 22.5 Å². The zero-order chi connectivity index (χ0) is 27.6. The molecule has 1 fully saturated rings. The second-order valence-corrected chi connectivity index (χ2v) is 9.86. The van der Waals surface area contributed by atoms with E-state index in [0.29, 0.717) is 55.3 Å². The molecule has 1 amide bonds. The highest BCUT2D eigenvalue weighted by Crippen LogP contribution is 2.44. The quantitative estimate of drug-likeness (QED) is 0.243. The fraction of sp³-hybridized carbons (Fsp3) is 0.241. The lowest BCUT2D eigenvalue weighted by Gasteiger charge is -2.30. The summed E-state index contributed by atoms with van der Waals surface area (Å²) >= 11 is 0. The molecule has 0 unspecified atom stereocenters. The maximum atomic E-state index is 13.9. The molecule has 0 bridgehead atoms. The van der Waals surface area contributed by atoms with Crippen molar-refractivity contribution in [3.05, 3.63) is 78.9 Å². The number of aliphatic hydroxyl groups excluding tert-OH is 1. The zero-order valence-corrected chi connectivity index (χ0v) is 21.5. The van der Waals surface area contributed by atoms with Crippen LogP contribution in [0.25, 0.3) is 33.6 Å². The molecule has 1 aliphatic heterocycles. The van der Waals surface area contributed by atoms with Gasteiger partial charge >= 0.3 is 0 Å². The smallest absolute Gasteiger partial charge is 0.241 e. The number of imidazole rings is 1. The number of carbonyl (C=O) groups is 1. The Balaban J connectivity index is 1.35. The van der Waals surface area contributed by atoms with E-state index in [1.54, 1.807) is 36.8 Å². The molecule has 5 N–H and O–H groups in total. The molecule has 0 spiro atoms. The van der Waals surface area contributed by atoms with E-state index in [-0.39, 0.29) is 17.8 Å². The number of fused-ring (bicyclic) bond motifs is 1. The van der Waals surface area contributed by atoms with Crippen molar-refractivity contribution in [1.82, 2.24) is 19.9 Å². The van der Waals surface area contributed by atoms with Crippen LogP contribution in [0.15, 0.2) is 71.8 Å². The first-order valence-electron chi connectivity index (χ1n) is 13.1. The third kappa shape index (κ3) is 5.16. The number of hydrogen-bond donors (Lipinski definition) is 4. The van der Waals surface area contributed by atoms with Crippen molar-refractivity contribution in [1.29, 1.82) is 0 Å². The third-order valence-electron chi connectivity index (χ3n) is 7.11. The molecule has 1 aliphatic rings. The lowest BCUT2D eigenvalue weighted by Crippen LogP contribution is -2.37. The first-order chi connectivity index (χ1) is 19.5. The summed E-state index contributed by atoms with van der Waals surface area (Å²) in [7, 11) is 0. The SMILES string of the molecule is N[C@@H](Cc1cnc[nH]1)C(=O)Nc1ccc(-c2oc3ncnc(N4CCC(O)CC4)c3c2-c2ccc(F)cc2)cc1. The second-order valence-electron chi connectivity index (χ2n) is 9.86. The first kappa shape index (κ1) is 25.7. The number of hydrogen-bond acceptors (Lipinski definition) is 8. The van der Waals surface area contributed by atoms with Crippen LogP contribution in [0, 0.1) is 5.82 Å². The van der Waals surface area contributed by atoms with Crippen LogP contribution < -0.4 is 16.0 Å². The Morgan fingerprint density at radius 2 is 1.85 bits per heavy atom. The number of aromatic nitrogens is 4. The summed E-state index contributed by atoms with van der Waals surface area (Å²) in [5.74, 6) is 0.602. The summed E-state index contributed by atoms with van der Waals surface area (Å²) in [5.41, 5.74) is 10.1. The minimum atomic E-state index is -0.742. The summed E-state index contributed by atoms with van der Waals surface area (Å²) in [6, 6.07) is 12.7. The van der Waals surface area contributed by atoms with E-state index in [4.69, 9.17) is 10.2 Å². The number of furan rings is 1.